The van der Waals surface area contributed by atoms with Crippen LogP contribution in [0.5, 0.6) is 0 Å². The van der Waals surface area contributed by atoms with Gasteiger partial charge in [0.05, 0.1) is 11.8 Å². The third kappa shape index (κ3) is 2.92. The number of ether oxygens (including phenoxy) is 1. The van der Waals surface area contributed by atoms with Gasteiger partial charge in [-0.3, -0.25) is 0 Å². The highest BCUT2D eigenvalue weighted by molar-refractivity contribution is 6.28. The van der Waals surface area contributed by atoms with Crippen LogP contribution in [0.2, 0.25) is 5.28 Å². The topological polar surface area (TPSA) is 57.0 Å². The quantitative estimate of drug-likeness (QED) is 0.540. The SMILES string of the molecule is [2H]C([2H])([2H])n1cc(-c2nc(Cl)ncc2C(=O)OC(C)C)c2ccccc21. The molecule has 3 aromatic rings. The van der Waals surface area contributed by atoms with E-state index in [1.807, 2.05) is 0 Å². The Hall–Kier alpha value is -2.40. The number of nitrogens with zero attached hydrogens (tertiary/aromatic N) is 3. The Bertz CT molecular complexity index is 983. The lowest BCUT2D eigenvalue weighted by molar-refractivity contribution is 0.0378. The predicted octanol–water partition coefficient (Wildman–Crippen LogP) is 3.85. The number of aryl methyl sites for hydroxylation is 1. The lowest BCUT2D eigenvalue weighted by atomic mass is 10.1. The van der Waals surface area contributed by atoms with Crippen LogP contribution in [0, 0.1) is 0 Å². The fourth-order valence-electron chi connectivity index (χ4n) is 2.36. The highest BCUT2D eigenvalue weighted by atomic mass is 35.5. The molecule has 5 nitrogen and oxygen atoms in total. The zero-order valence-electron chi connectivity index (χ0n) is 15.6. The molecule has 0 radical (unpaired) electrons. The van der Waals surface area contributed by atoms with Crippen molar-refractivity contribution < 1.29 is 13.6 Å². The van der Waals surface area contributed by atoms with E-state index < -0.39 is 12.9 Å². The first kappa shape index (κ1) is 12.1. The Kier molecular flexibility index (Phi) is 3.15. The summed E-state index contributed by atoms with van der Waals surface area (Å²) in [5.41, 5.74) is 1.32. The van der Waals surface area contributed by atoms with Crippen molar-refractivity contribution in [2.45, 2.75) is 20.0 Å². The molecule has 118 valence electrons. The van der Waals surface area contributed by atoms with Gasteiger partial charge >= 0.3 is 5.97 Å². The number of para-hydroxylation sites is 1. The van der Waals surface area contributed by atoms with Gasteiger partial charge < -0.3 is 9.30 Å². The number of carbonyl (C=O) groups is 1. The van der Waals surface area contributed by atoms with Gasteiger partial charge in [-0.15, -0.1) is 0 Å². The summed E-state index contributed by atoms with van der Waals surface area (Å²) in [5.74, 6) is -0.600. The first-order valence-corrected chi connectivity index (χ1v) is 7.40. The highest BCUT2D eigenvalue weighted by Gasteiger charge is 2.21. The molecule has 0 saturated carbocycles. The number of rotatable bonds is 3. The van der Waals surface area contributed by atoms with E-state index in [0.29, 0.717) is 16.5 Å². The van der Waals surface area contributed by atoms with E-state index in [2.05, 4.69) is 9.97 Å². The van der Waals surface area contributed by atoms with E-state index >= 15 is 0 Å². The number of benzene rings is 1. The lowest BCUT2D eigenvalue weighted by Gasteiger charge is -2.10. The number of esters is 1. The standard InChI is InChI=1S/C17H16ClN3O2/c1-10(2)23-16(22)12-8-19-17(18)20-15(12)13-9-21(3)14-7-5-4-6-11(13)14/h4-10H,1-3H3/i3D3. The number of hydrogen-bond donors (Lipinski definition) is 0. The molecule has 0 atom stereocenters. The average molecular weight is 333 g/mol. The van der Waals surface area contributed by atoms with Crippen LogP contribution in [-0.2, 0) is 11.7 Å². The number of aromatic nitrogens is 3. The molecular weight excluding hydrogens is 314 g/mol. The van der Waals surface area contributed by atoms with E-state index in [1.54, 1.807) is 38.1 Å². The van der Waals surface area contributed by atoms with Gasteiger partial charge in [0.25, 0.3) is 0 Å². The van der Waals surface area contributed by atoms with Crippen molar-refractivity contribution in [1.82, 2.24) is 14.5 Å². The maximum Gasteiger partial charge on any atom is 0.342 e. The summed E-state index contributed by atoms with van der Waals surface area (Å²) >= 11 is 5.93. The molecule has 0 aliphatic carbocycles. The molecule has 2 heterocycles. The van der Waals surface area contributed by atoms with Crippen molar-refractivity contribution in [3.05, 3.63) is 47.5 Å². The van der Waals surface area contributed by atoms with Crippen molar-refractivity contribution in [2.24, 2.45) is 6.98 Å². The van der Waals surface area contributed by atoms with Crippen LogP contribution >= 0.6 is 11.6 Å². The van der Waals surface area contributed by atoms with Gasteiger partial charge in [-0.2, -0.15) is 0 Å². The van der Waals surface area contributed by atoms with E-state index in [-0.39, 0.29) is 22.6 Å². The van der Waals surface area contributed by atoms with Gasteiger partial charge in [-0.05, 0) is 31.5 Å². The van der Waals surface area contributed by atoms with Crippen LogP contribution in [-0.4, -0.2) is 26.6 Å². The second-order valence-electron chi connectivity index (χ2n) is 5.29. The molecule has 0 bridgehead atoms. The van der Waals surface area contributed by atoms with Gasteiger partial charge in [0.2, 0.25) is 5.28 Å². The van der Waals surface area contributed by atoms with Crippen LogP contribution in [0.4, 0.5) is 0 Å². The number of halogens is 1. The molecule has 0 fully saturated rings. The van der Waals surface area contributed by atoms with Gasteiger partial charge in [-0.1, -0.05) is 18.2 Å². The molecule has 0 aliphatic rings. The lowest BCUT2D eigenvalue weighted by Crippen LogP contribution is -2.13. The molecule has 23 heavy (non-hydrogen) atoms. The van der Waals surface area contributed by atoms with Gasteiger partial charge in [-0.25, -0.2) is 14.8 Å². The zero-order valence-corrected chi connectivity index (χ0v) is 13.3. The Morgan fingerprint density at radius 2 is 2.17 bits per heavy atom. The average Bonchev–Trinajstić information content (AvgIpc) is 2.93. The van der Waals surface area contributed by atoms with E-state index in [9.17, 15) is 4.79 Å². The summed E-state index contributed by atoms with van der Waals surface area (Å²) in [6, 6.07) is 6.99. The van der Waals surface area contributed by atoms with Crippen LogP contribution in [0.3, 0.4) is 0 Å². The summed E-state index contributed by atoms with van der Waals surface area (Å²) in [7, 11) is 0. The molecular formula is C17H16ClN3O2. The van der Waals surface area contributed by atoms with E-state index in [1.165, 1.54) is 17.0 Å². The van der Waals surface area contributed by atoms with Crippen molar-refractivity contribution >= 4 is 28.5 Å². The highest BCUT2D eigenvalue weighted by Crippen LogP contribution is 2.31. The molecule has 2 aromatic heterocycles. The van der Waals surface area contributed by atoms with Gasteiger partial charge in [0.15, 0.2) is 0 Å². The molecule has 0 N–H and O–H groups in total. The van der Waals surface area contributed by atoms with E-state index in [0.717, 1.165) is 0 Å². The van der Waals surface area contributed by atoms with Crippen molar-refractivity contribution in [3.63, 3.8) is 0 Å². The van der Waals surface area contributed by atoms with Crippen molar-refractivity contribution in [2.75, 3.05) is 0 Å². The van der Waals surface area contributed by atoms with Crippen LogP contribution in [0.25, 0.3) is 22.2 Å². The fraction of sp³-hybridized carbons (Fsp3) is 0.235. The molecule has 0 spiro atoms. The Morgan fingerprint density at radius 1 is 1.39 bits per heavy atom. The summed E-state index contributed by atoms with van der Waals surface area (Å²) in [6.07, 6.45) is 2.41. The van der Waals surface area contributed by atoms with Crippen molar-refractivity contribution in [3.8, 4) is 11.3 Å². The minimum Gasteiger partial charge on any atom is -0.459 e. The molecule has 0 aliphatic heterocycles. The maximum absolute atomic E-state index is 12.4. The molecule has 3 rings (SSSR count). The zero-order chi connectivity index (χ0) is 19.1. The number of carbonyl (C=O) groups excluding carboxylic acids is 1. The molecule has 6 heteroatoms. The number of hydrogen-bond acceptors (Lipinski definition) is 4. The van der Waals surface area contributed by atoms with Crippen LogP contribution < -0.4 is 0 Å². The molecule has 0 unspecified atom stereocenters. The Morgan fingerprint density at radius 3 is 2.91 bits per heavy atom. The maximum atomic E-state index is 12.4. The van der Waals surface area contributed by atoms with Crippen molar-refractivity contribution in [1.29, 1.82) is 0 Å². The summed E-state index contributed by atoms with van der Waals surface area (Å²) in [4.78, 5) is 20.5. The molecule has 0 saturated heterocycles. The van der Waals surface area contributed by atoms with Gasteiger partial charge in [0, 0.05) is 39.9 Å². The van der Waals surface area contributed by atoms with Crippen LogP contribution in [0.1, 0.15) is 28.3 Å². The Labute approximate surface area is 143 Å². The Balaban J connectivity index is 2.28. The fourth-order valence-corrected chi connectivity index (χ4v) is 2.49. The minimum absolute atomic E-state index is 0.0492. The predicted molar refractivity (Wildman–Crippen MR) is 89.5 cm³/mol. The summed E-state index contributed by atoms with van der Waals surface area (Å²) < 4.78 is 29.7. The molecule has 1 aromatic carbocycles. The number of fused-ring (bicyclic) bond motifs is 1. The largest absolute Gasteiger partial charge is 0.459 e. The monoisotopic (exact) mass is 332 g/mol. The first-order valence-electron chi connectivity index (χ1n) is 8.53. The first-order chi connectivity index (χ1) is 12.2. The minimum atomic E-state index is -2.38. The van der Waals surface area contributed by atoms with E-state index in [4.69, 9.17) is 20.5 Å². The second-order valence-corrected chi connectivity index (χ2v) is 5.62. The summed E-state index contributed by atoms with van der Waals surface area (Å²) in [5, 5.41) is 0.587. The smallest absolute Gasteiger partial charge is 0.342 e. The molecule has 0 amide bonds. The third-order valence-corrected chi connectivity index (χ3v) is 3.47. The summed E-state index contributed by atoms with van der Waals surface area (Å²) in [6.45, 7) is 1.08. The van der Waals surface area contributed by atoms with Gasteiger partial charge in [0.1, 0.15) is 5.56 Å². The second kappa shape index (κ2) is 6.01. The van der Waals surface area contributed by atoms with Crippen LogP contribution in [0.15, 0.2) is 36.7 Å². The normalized spacial score (nSPS) is 13.7. The third-order valence-electron chi connectivity index (χ3n) is 3.29.